The Kier molecular flexibility index (Phi) is 5.96. The van der Waals surface area contributed by atoms with Gasteiger partial charge >= 0.3 is 6.03 Å². The summed E-state index contributed by atoms with van der Waals surface area (Å²) in [5.74, 6) is -0.294. The van der Waals surface area contributed by atoms with Crippen molar-refractivity contribution in [3.8, 4) is 0 Å². The van der Waals surface area contributed by atoms with E-state index >= 15 is 0 Å². The van der Waals surface area contributed by atoms with Crippen molar-refractivity contribution in [1.82, 2.24) is 10.2 Å². The Morgan fingerprint density at radius 1 is 1.52 bits per heavy atom. The zero-order valence-electron chi connectivity index (χ0n) is 13.9. The number of urea groups is 1. The first kappa shape index (κ1) is 17.2. The van der Waals surface area contributed by atoms with E-state index in [4.69, 9.17) is 4.84 Å². The third-order valence-electron chi connectivity index (χ3n) is 3.51. The molecule has 0 aromatic heterocycles. The summed E-state index contributed by atoms with van der Waals surface area (Å²) < 4.78 is 13.3. The fourth-order valence-corrected chi connectivity index (χ4v) is 2.49. The molecule has 126 valence electrons. The van der Waals surface area contributed by atoms with Gasteiger partial charge in [-0.3, -0.25) is 0 Å². The van der Waals surface area contributed by atoms with Crippen molar-refractivity contribution in [3.63, 3.8) is 0 Å². The Balaban J connectivity index is 1.94. The van der Waals surface area contributed by atoms with Crippen LogP contribution in [0.5, 0.6) is 0 Å². The predicted octanol–water partition coefficient (Wildman–Crippen LogP) is 3.15. The van der Waals surface area contributed by atoms with Crippen molar-refractivity contribution in [3.05, 3.63) is 35.6 Å². The molecule has 0 saturated carbocycles. The van der Waals surface area contributed by atoms with E-state index in [1.165, 1.54) is 12.1 Å². The minimum atomic E-state index is -0.294. The molecule has 1 heterocycles. The van der Waals surface area contributed by atoms with Crippen LogP contribution in [0.25, 0.3) is 0 Å². The Labute approximate surface area is 136 Å². The highest BCUT2D eigenvalue weighted by atomic mass is 19.1. The summed E-state index contributed by atoms with van der Waals surface area (Å²) in [6.07, 6.45) is 1.24. The maximum atomic E-state index is 13.3. The van der Waals surface area contributed by atoms with Crippen LogP contribution in [0.15, 0.2) is 29.4 Å². The largest absolute Gasteiger partial charge is 0.390 e. The maximum Gasteiger partial charge on any atom is 0.317 e. The van der Waals surface area contributed by atoms with Gasteiger partial charge in [-0.2, -0.15) is 0 Å². The van der Waals surface area contributed by atoms with Gasteiger partial charge in [0.15, 0.2) is 6.10 Å². The lowest BCUT2D eigenvalue weighted by atomic mass is 10.0. The van der Waals surface area contributed by atoms with Gasteiger partial charge in [-0.15, -0.1) is 0 Å². The van der Waals surface area contributed by atoms with E-state index in [1.807, 2.05) is 26.8 Å². The van der Waals surface area contributed by atoms with Gasteiger partial charge in [0.1, 0.15) is 5.82 Å². The lowest BCUT2D eigenvalue weighted by Gasteiger charge is -2.25. The molecule has 2 rings (SSSR count). The van der Waals surface area contributed by atoms with Crippen molar-refractivity contribution < 1.29 is 14.0 Å². The van der Waals surface area contributed by atoms with Crippen LogP contribution >= 0.6 is 0 Å². The minimum absolute atomic E-state index is 0.0884. The minimum Gasteiger partial charge on any atom is -0.390 e. The number of nitrogens with zero attached hydrogens (tertiary/aromatic N) is 2. The number of hydrogen-bond acceptors (Lipinski definition) is 3. The van der Waals surface area contributed by atoms with Crippen LogP contribution in [0.3, 0.4) is 0 Å². The molecule has 0 radical (unpaired) electrons. The molecule has 1 aliphatic rings. The Hall–Kier alpha value is -2.11. The third kappa shape index (κ3) is 4.94. The second kappa shape index (κ2) is 7.94. The maximum absolute atomic E-state index is 13.3. The van der Waals surface area contributed by atoms with Crippen molar-refractivity contribution in [2.45, 2.75) is 45.8 Å². The second-order valence-corrected chi connectivity index (χ2v) is 6.03. The highest BCUT2D eigenvalue weighted by Gasteiger charge is 2.26. The van der Waals surface area contributed by atoms with Crippen molar-refractivity contribution in [2.24, 2.45) is 5.16 Å². The first-order valence-electron chi connectivity index (χ1n) is 8.03. The fraction of sp³-hybridized carbons (Fsp3) is 0.529. The van der Waals surface area contributed by atoms with Crippen LogP contribution in [-0.2, 0) is 4.84 Å². The summed E-state index contributed by atoms with van der Waals surface area (Å²) in [5.41, 5.74) is 1.44. The van der Waals surface area contributed by atoms with Gasteiger partial charge in [0.2, 0.25) is 0 Å². The number of rotatable bonds is 6. The van der Waals surface area contributed by atoms with E-state index in [2.05, 4.69) is 10.5 Å². The SMILES string of the molecule is CCCN(CC1CC(c2cccc(F)c2)=NO1)C(=O)NC(C)C. The van der Waals surface area contributed by atoms with E-state index in [-0.39, 0.29) is 24.0 Å². The highest BCUT2D eigenvalue weighted by Crippen LogP contribution is 2.18. The van der Waals surface area contributed by atoms with Crippen molar-refractivity contribution in [2.75, 3.05) is 13.1 Å². The molecule has 1 atom stereocenters. The molecule has 0 bridgehead atoms. The average molecular weight is 321 g/mol. The van der Waals surface area contributed by atoms with Gasteiger partial charge in [0, 0.05) is 24.6 Å². The fourth-order valence-electron chi connectivity index (χ4n) is 2.49. The number of carbonyl (C=O) groups is 1. The summed E-state index contributed by atoms with van der Waals surface area (Å²) in [7, 11) is 0. The van der Waals surface area contributed by atoms with E-state index in [0.717, 1.165) is 17.7 Å². The van der Waals surface area contributed by atoms with Crippen LogP contribution in [0, 0.1) is 5.82 Å². The highest BCUT2D eigenvalue weighted by molar-refractivity contribution is 6.01. The van der Waals surface area contributed by atoms with E-state index < -0.39 is 0 Å². The third-order valence-corrected chi connectivity index (χ3v) is 3.51. The van der Waals surface area contributed by atoms with Crippen LogP contribution in [0.1, 0.15) is 39.2 Å². The molecule has 0 aliphatic carbocycles. The number of amides is 2. The molecule has 1 unspecified atom stereocenters. The van der Waals surface area contributed by atoms with E-state index in [0.29, 0.717) is 19.5 Å². The Morgan fingerprint density at radius 3 is 2.96 bits per heavy atom. The van der Waals surface area contributed by atoms with Crippen molar-refractivity contribution in [1.29, 1.82) is 0 Å². The number of nitrogens with one attached hydrogen (secondary N) is 1. The monoisotopic (exact) mass is 321 g/mol. The van der Waals surface area contributed by atoms with Crippen molar-refractivity contribution >= 4 is 11.7 Å². The van der Waals surface area contributed by atoms with Crippen LogP contribution in [0.2, 0.25) is 0 Å². The molecule has 23 heavy (non-hydrogen) atoms. The smallest absolute Gasteiger partial charge is 0.317 e. The Morgan fingerprint density at radius 2 is 2.30 bits per heavy atom. The average Bonchev–Trinajstić information content (AvgIpc) is 2.95. The van der Waals surface area contributed by atoms with Gasteiger partial charge in [0.25, 0.3) is 0 Å². The molecule has 6 heteroatoms. The zero-order chi connectivity index (χ0) is 16.8. The Bertz CT molecular complexity index is 575. The molecule has 1 N–H and O–H groups in total. The van der Waals surface area contributed by atoms with Gasteiger partial charge in [-0.1, -0.05) is 24.2 Å². The predicted molar refractivity (Wildman–Crippen MR) is 88.0 cm³/mol. The lowest BCUT2D eigenvalue weighted by Crippen LogP contribution is -2.46. The molecule has 0 fully saturated rings. The molecule has 1 aromatic carbocycles. The molecular weight excluding hydrogens is 297 g/mol. The van der Waals surface area contributed by atoms with Gasteiger partial charge < -0.3 is 15.1 Å². The first-order chi connectivity index (χ1) is 11.0. The quantitative estimate of drug-likeness (QED) is 0.875. The first-order valence-corrected chi connectivity index (χ1v) is 8.03. The molecule has 5 nitrogen and oxygen atoms in total. The summed E-state index contributed by atoms with van der Waals surface area (Å²) >= 11 is 0. The molecule has 0 spiro atoms. The van der Waals surface area contributed by atoms with Crippen LogP contribution in [0.4, 0.5) is 9.18 Å². The van der Waals surface area contributed by atoms with Gasteiger partial charge in [-0.25, -0.2) is 9.18 Å². The number of halogens is 1. The van der Waals surface area contributed by atoms with Gasteiger partial charge in [-0.05, 0) is 32.4 Å². The molecule has 1 aromatic rings. The standard InChI is InChI=1S/C17H24FN3O2/c1-4-8-21(17(22)19-12(2)3)11-15-10-16(20-23-15)13-6-5-7-14(18)9-13/h5-7,9,12,15H,4,8,10-11H2,1-3H3,(H,19,22). The number of benzene rings is 1. The summed E-state index contributed by atoms with van der Waals surface area (Å²) in [4.78, 5) is 19.4. The molecule has 0 saturated heterocycles. The van der Waals surface area contributed by atoms with E-state index in [9.17, 15) is 9.18 Å². The zero-order valence-corrected chi connectivity index (χ0v) is 13.9. The number of hydrogen-bond donors (Lipinski definition) is 1. The molecule has 1 aliphatic heterocycles. The topological polar surface area (TPSA) is 53.9 Å². The number of carbonyl (C=O) groups excluding carboxylic acids is 1. The molecular formula is C17H24FN3O2. The van der Waals surface area contributed by atoms with Gasteiger partial charge in [0.05, 0.1) is 12.3 Å². The summed E-state index contributed by atoms with van der Waals surface area (Å²) in [5, 5.41) is 6.95. The van der Waals surface area contributed by atoms with E-state index in [1.54, 1.807) is 11.0 Å². The lowest BCUT2D eigenvalue weighted by molar-refractivity contribution is 0.0603. The van der Waals surface area contributed by atoms with Crippen LogP contribution in [-0.4, -0.2) is 41.9 Å². The summed E-state index contributed by atoms with van der Waals surface area (Å²) in [6, 6.07) is 6.30. The van der Waals surface area contributed by atoms with Crippen LogP contribution < -0.4 is 5.32 Å². The normalized spacial score (nSPS) is 16.9. The second-order valence-electron chi connectivity index (χ2n) is 6.03. The number of oxime groups is 1. The molecule has 2 amide bonds. The summed E-state index contributed by atoms with van der Waals surface area (Å²) in [6.45, 7) is 7.01.